The van der Waals surface area contributed by atoms with Crippen LogP contribution < -0.4 is 11.1 Å². The number of carbonyl (C=O) groups is 1. The lowest BCUT2D eigenvalue weighted by Gasteiger charge is -2.06. The zero-order valence-electron chi connectivity index (χ0n) is 8.78. The van der Waals surface area contributed by atoms with Crippen LogP contribution in [0, 0.1) is 5.82 Å². The maximum absolute atomic E-state index is 13.3. The van der Waals surface area contributed by atoms with Gasteiger partial charge in [0.2, 0.25) is 5.91 Å². The van der Waals surface area contributed by atoms with Crippen molar-refractivity contribution in [3.63, 3.8) is 0 Å². The minimum Gasteiger partial charge on any atom is -0.409 e. The second kappa shape index (κ2) is 6.05. The van der Waals surface area contributed by atoms with E-state index in [2.05, 4.69) is 10.5 Å². The summed E-state index contributed by atoms with van der Waals surface area (Å²) in [6, 6.07) is 4.17. The molecule has 92 valence electrons. The third-order valence-corrected chi connectivity index (χ3v) is 2.35. The topological polar surface area (TPSA) is 87.7 Å². The standard InChI is InChI=1S/C10H11ClFN3O2/c11-7-2-1-3-8(12)6(7)4-10(16)14-5-9(13)15-17/h1-3,17H,4-5H2,(H2,13,15)(H,14,16). The Balaban J connectivity index is 2.62. The van der Waals surface area contributed by atoms with Crippen molar-refractivity contribution in [3.8, 4) is 0 Å². The number of amidine groups is 1. The summed E-state index contributed by atoms with van der Waals surface area (Å²) in [7, 11) is 0. The van der Waals surface area contributed by atoms with E-state index in [1.54, 1.807) is 0 Å². The van der Waals surface area contributed by atoms with Crippen molar-refractivity contribution < 1.29 is 14.4 Å². The molecule has 0 radical (unpaired) electrons. The third-order valence-electron chi connectivity index (χ3n) is 1.99. The molecule has 0 heterocycles. The summed E-state index contributed by atoms with van der Waals surface area (Å²) in [6.45, 7) is -0.110. The van der Waals surface area contributed by atoms with Crippen LogP contribution >= 0.6 is 11.6 Å². The largest absolute Gasteiger partial charge is 0.409 e. The number of halogens is 2. The van der Waals surface area contributed by atoms with Gasteiger partial charge in [-0.05, 0) is 12.1 Å². The van der Waals surface area contributed by atoms with E-state index >= 15 is 0 Å². The van der Waals surface area contributed by atoms with Crippen LogP contribution in [-0.4, -0.2) is 23.5 Å². The number of oxime groups is 1. The van der Waals surface area contributed by atoms with Gasteiger partial charge in [-0.1, -0.05) is 22.8 Å². The molecular weight excluding hydrogens is 249 g/mol. The molecule has 0 aromatic heterocycles. The van der Waals surface area contributed by atoms with E-state index in [4.69, 9.17) is 22.5 Å². The van der Waals surface area contributed by atoms with Crippen molar-refractivity contribution in [2.24, 2.45) is 10.9 Å². The highest BCUT2D eigenvalue weighted by Gasteiger charge is 2.11. The van der Waals surface area contributed by atoms with Crippen LogP contribution in [0.2, 0.25) is 5.02 Å². The Morgan fingerprint density at radius 3 is 2.88 bits per heavy atom. The molecule has 0 aliphatic heterocycles. The minimum atomic E-state index is -0.545. The van der Waals surface area contributed by atoms with Crippen LogP contribution in [0.4, 0.5) is 4.39 Å². The maximum Gasteiger partial charge on any atom is 0.224 e. The Hall–Kier alpha value is -1.82. The number of nitrogens with one attached hydrogen (secondary N) is 1. The van der Waals surface area contributed by atoms with E-state index in [9.17, 15) is 9.18 Å². The van der Waals surface area contributed by atoms with Crippen LogP contribution in [0.25, 0.3) is 0 Å². The molecular formula is C10H11ClFN3O2. The van der Waals surface area contributed by atoms with Crippen molar-refractivity contribution in [3.05, 3.63) is 34.6 Å². The number of carbonyl (C=O) groups excluding carboxylic acids is 1. The first-order valence-corrected chi connectivity index (χ1v) is 5.08. The number of amides is 1. The molecule has 1 amide bonds. The Morgan fingerprint density at radius 1 is 1.59 bits per heavy atom. The van der Waals surface area contributed by atoms with Gasteiger partial charge in [-0.15, -0.1) is 0 Å². The summed E-state index contributed by atoms with van der Waals surface area (Å²) in [5, 5.41) is 13.5. The Bertz CT molecular complexity index is 431. The number of rotatable bonds is 4. The van der Waals surface area contributed by atoms with E-state index in [-0.39, 0.29) is 29.4 Å². The maximum atomic E-state index is 13.3. The fourth-order valence-electron chi connectivity index (χ4n) is 1.15. The monoisotopic (exact) mass is 259 g/mol. The number of nitrogens with zero attached hydrogens (tertiary/aromatic N) is 1. The molecule has 0 bridgehead atoms. The second-order valence-corrected chi connectivity index (χ2v) is 3.65. The van der Waals surface area contributed by atoms with Gasteiger partial charge >= 0.3 is 0 Å². The summed E-state index contributed by atoms with van der Waals surface area (Å²) in [5.41, 5.74) is 5.28. The van der Waals surface area contributed by atoms with E-state index in [0.717, 1.165) is 0 Å². The molecule has 5 nitrogen and oxygen atoms in total. The number of hydrogen-bond acceptors (Lipinski definition) is 3. The summed E-state index contributed by atoms with van der Waals surface area (Å²) in [5.74, 6) is -1.15. The molecule has 0 aliphatic rings. The van der Waals surface area contributed by atoms with E-state index in [0.29, 0.717) is 0 Å². The predicted octanol–water partition coefficient (Wildman–Crippen LogP) is 0.884. The van der Waals surface area contributed by atoms with Gasteiger partial charge in [0.1, 0.15) is 5.82 Å². The molecule has 17 heavy (non-hydrogen) atoms. The molecule has 0 saturated carbocycles. The smallest absolute Gasteiger partial charge is 0.224 e. The summed E-state index contributed by atoms with van der Waals surface area (Å²) < 4.78 is 13.3. The van der Waals surface area contributed by atoms with Gasteiger partial charge in [0.15, 0.2) is 5.84 Å². The Kier molecular flexibility index (Phi) is 4.71. The fraction of sp³-hybridized carbons (Fsp3) is 0.200. The summed E-state index contributed by atoms with van der Waals surface area (Å²) >= 11 is 5.76. The zero-order chi connectivity index (χ0) is 12.8. The van der Waals surface area contributed by atoms with Crippen LogP contribution in [0.1, 0.15) is 5.56 Å². The number of hydrogen-bond donors (Lipinski definition) is 3. The van der Waals surface area contributed by atoms with Gasteiger partial charge in [-0.25, -0.2) is 4.39 Å². The quantitative estimate of drug-likeness (QED) is 0.325. The average molecular weight is 260 g/mol. The average Bonchev–Trinajstić information content (AvgIpc) is 2.31. The molecule has 7 heteroatoms. The Morgan fingerprint density at radius 2 is 2.29 bits per heavy atom. The van der Waals surface area contributed by atoms with Crippen molar-refractivity contribution in [2.45, 2.75) is 6.42 Å². The molecule has 0 fully saturated rings. The number of nitrogens with two attached hydrogens (primary N) is 1. The van der Waals surface area contributed by atoms with Crippen LogP contribution in [0.15, 0.2) is 23.4 Å². The van der Waals surface area contributed by atoms with E-state index in [1.807, 2.05) is 0 Å². The molecule has 0 unspecified atom stereocenters. The molecule has 0 saturated heterocycles. The summed E-state index contributed by atoms with van der Waals surface area (Å²) in [4.78, 5) is 11.4. The van der Waals surface area contributed by atoms with Gasteiger partial charge in [-0.3, -0.25) is 4.79 Å². The molecule has 0 spiro atoms. The molecule has 0 aliphatic carbocycles. The van der Waals surface area contributed by atoms with Crippen LogP contribution in [-0.2, 0) is 11.2 Å². The first-order valence-electron chi connectivity index (χ1n) is 4.70. The molecule has 0 atom stereocenters. The van der Waals surface area contributed by atoms with Crippen LogP contribution in [0.3, 0.4) is 0 Å². The lowest BCUT2D eigenvalue weighted by atomic mass is 10.1. The van der Waals surface area contributed by atoms with Crippen molar-refractivity contribution in [1.29, 1.82) is 0 Å². The molecule has 1 aromatic rings. The summed E-state index contributed by atoms with van der Waals surface area (Å²) in [6.07, 6.45) is -0.204. The fourth-order valence-corrected chi connectivity index (χ4v) is 1.38. The highest BCUT2D eigenvalue weighted by molar-refractivity contribution is 6.31. The van der Waals surface area contributed by atoms with E-state index < -0.39 is 11.7 Å². The van der Waals surface area contributed by atoms with Gasteiger partial charge < -0.3 is 16.3 Å². The first-order chi connectivity index (χ1) is 8.04. The van der Waals surface area contributed by atoms with Gasteiger partial charge in [-0.2, -0.15) is 0 Å². The SMILES string of the molecule is N/C(CNC(=O)Cc1c(F)cccc1Cl)=N/O. The predicted molar refractivity (Wildman–Crippen MR) is 61.5 cm³/mol. The van der Waals surface area contributed by atoms with Crippen molar-refractivity contribution in [1.82, 2.24) is 5.32 Å². The lowest BCUT2D eigenvalue weighted by molar-refractivity contribution is -0.120. The lowest BCUT2D eigenvalue weighted by Crippen LogP contribution is -2.34. The van der Waals surface area contributed by atoms with Crippen molar-refractivity contribution >= 4 is 23.3 Å². The number of benzene rings is 1. The molecule has 4 N–H and O–H groups in total. The molecule has 1 rings (SSSR count). The third kappa shape index (κ3) is 3.92. The Labute approximate surface area is 102 Å². The zero-order valence-corrected chi connectivity index (χ0v) is 9.54. The van der Waals surface area contributed by atoms with Gasteiger partial charge in [0.05, 0.1) is 13.0 Å². The van der Waals surface area contributed by atoms with Gasteiger partial charge in [0.25, 0.3) is 0 Å². The second-order valence-electron chi connectivity index (χ2n) is 3.25. The molecule has 1 aromatic carbocycles. The van der Waals surface area contributed by atoms with E-state index in [1.165, 1.54) is 18.2 Å². The van der Waals surface area contributed by atoms with Crippen LogP contribution in [0.5, 0.6) is 0 Å². The minimum absolute atomic E-state index is 0.110. The van der Waals surface area contributed by atoms with Gasteiger partial charge in [0, 0.05) is 10.6 Å². The first kappa shape index (κ1) is 13.2. The highest BCUT2D eigenvalue weighted by Crippen LogP contribution is 2.19. The highest BCUT2D eigenvalue weighted by atomic mass is 35.5. The van der Waals surface area contributed by atoms with Crippen molar-refractivity contribution in [2.75, 3.05) is 6.54 Å². The normalized spacial score (nSPS) is 11.3.